The second kappa shape index (κ2) is 7.42. The highest BCUT2D eigenvalue weighted by atomic mass is 32.2. The highest BCUT2D eigenvalue weighted by molar-refractivity contribution is 7.90. The van der Waals surface area contributed by atoms with Crippen LogP contribution in [0.15, 0.2) is 58.8 Å². The van der Waals surface area contributed by atoms with E-state index in [0.717, 1.165) is 32.7 Å². The number of nitrogens with zero attached hydrogens (tertiary/aromatic N) is 2. The predicted molar refractivity (Wildman–Crippen MR) is 113 cm³/mol. The first kappa shape index (κ1) is 18.7. The van der Waals surface area contributed by atoms with Gasteiger partial charge in [0.25, 0.3) is 0 Å². The number of thiazole rings is 2. The van der Waals surface area contributed by atoms with E-state index in [-0.39, 0.29) is 17.2 Å². The van der Waals surface area contributed by atoms with E-state index in [0.29, 0.717) is 5.13 Å². The van der Waals surface area contributed by atoms with Gasteiger partial charge in [0, 0.05) is 11.6 Å². The third-order valence-corrected chi connectivity index (χ3v) is 6.92. The highest BCUT2D eigenvalue weighted by Crippen LogP contribution is 2.31. The summed E-state index contributed by atoms with van der Waals surface area (Å²) in [6.45, 7) is 0. The van der Waals surface area contributed by atoms with Gasteiger partial charge < -0.3 is 5.32 Å². The van der Waals surface area contributed by atoms with Crippen molar-refractivity contribution in [2.45, 2.75) is 11.3 Å². The molecule has 0 spiro atoms. The molecule has 1 N–H and O–H groups in total. The van der Waals surface area contributed by atoms with Crippen molar-refractivity contribution in [1.29, 1.82) is 0 Å². The summed E-state index contributed by atoms with van der Waals surface area (Å²) in [5, 5.41) is 5.98. The highest BCUT2D eigenvalue weighted by Gasteiger charge is 2.13. The number of amides is 1. The normalized spacial score (nSPS) is 11.6. The summed E-state index contributed by atoms with van der Waals surface area (Å²) in [7, 11) is -3.24. The van der Waals surface area contributed by atoms with Crippen LogP contribution in [-0.4, -0.2) is 30.5 Å². The van der Waals surface area contributed by atoms with Gasteiger partial charge in [-0.3, -0.25) is 4.79 Å². The Morgan fingerprint density at radius 1 is 1.07 bits per heavy atom. The molecule has 9 heteroatoms. The Hall–Kier alpha value is -2.62. The van der Waals surface area contributed by atoms with Gasteiger partial charge in [-0.25, -0.2) is 18.4 Å². The largest absolute Gasteiger partial charge is 0.302 e. The van der Waals surface area contributed by atoms with Crippen LogP contribution in [0.25, 0.3) is 20.9 Å². The number of hydrogen-bond donors (Lipinski definition) is 1. The molecule has 4 aromatic rings. The Balaban J connectivity index is 1.44. The van der Waals surface area contributed by atoms with E-state index in [1.807, 2.05) is 29.6 Å². The minimum atomic E-state index is -3.24. The lowest BCUT2D eigenvalue weighted by atomic mass is 10.1. The van der Waals surface area contributed by atoms with Crippen LogP contribution < -0.4 is 5.32 Å². The zero-order valence-electron chi connectivity index (χ0n) is 14.7. The number of para-hydroxylation sites is 1. The van der Waals surface area contributed by atoms with E-state index in [9.17, 15) is 13.2 Å². The number of carbonyl (C=O) groups is 1. The quantitative estimate of drug-likeness (QED) is 0.518. The molecule has 28 heavy (non-hydrogen) atoms. The van der Waals surface area contributed by atoms with E-state index < -0.39 is 9.84 Å². The van der Waals surface area contributed by atoms with Crippen molar-refractivity contribution in [1.82, 2.24) is 9.97 Å². The fourth-order valence-corrected chi connectivity index (χ4v) is 4.96. The van der Waals surface area contributed by atoms with Crippen LogP contribution in [0.2, 0.25) is 0 Å². The first-order valence-electron chi connectivity index (χ1n) is 8.29. The molecule has 0 aliphatic rings. The minimum Gasteiger partial charge on any atom is -0.302 e. The number of anilines is 1. The molecule has 0 aliphatic heterocycles. The van der Waals surface area contributed by atoms with E-state index in [4.69, 9.17) is 0 Å². The lowest BCUT2D eigenvalue weighted by Gasteiger charge is -2.03. The number of rotatable bonds is 5. The van der Waals surface area contributed by atoms with Crippen molar-refractivity contribution in [2.75, 3.05) is 11.6 Å². The van der Waals surface area contributed by atoms with Crippen LogP contribution >= 0.6 is 22.7 Å². The maximum Gasteiger partial charge on any atom is 0.230 e. The Labute approximate surface area is 169 Å². The molecular formula is C19H15N3O3S3. The second-order valence-corrected chi connectivity index (χ2v) is 10.1. The number of aromatic nitrogens is 2. The van der Waals surface area contributed by atoms with Crippen LogP contribution in [-0.2, 0) is 21.1 Å². The number of nitrogens with one attached hydrogen (secondary N) is 1. The van der Waals surface area contributed by atoms with Gasteiger partial charge in [-0.15, -0.1) is 22.7 Å². The minimum absolute atomic E-state index is 0.139. The molecule has 2 aromatic carbocycles. The molecule has 0 aliphatic carbocycles. The molecule has 6 nitrogen and oxygen atoms in total. The summed E-state index contributed by atoms with van der Waals surface area (Å²) in [6.07, 6.45) is 1.29. The molecule has 0 bridgehead atoms. The van der Waals surface area contributed by atoms with Crippen molar-refractivity contribution in [2.24, 2.45) is 0 Å². The van der Waals surface area contributed by atoms with Crippen LogP contribution in [0.4, 0.5) is 5.13 Å². The Morgan fingerprint density at radius 2 is 1.82 bits per heavy atom. The maximum atomic E-state index is 12.3. The van der Waals surface area contributed by atoms with Crippen molar-refractivity contribution in [3.63, 3.8) is 0 Å². The van der Waals surface area contributed by atoms with Crippen LogP contribution in [0.5, 0.6) is 0 Å². The van der Waals surface area contributed by atoms with Gasteiger partial charge in [-0.05, 0) is 29.8 Å². The van der Waals surface area contributed by atoms with E-state index >= 15 is 0 Å². The van der Waals surface area contributed by atoms with Crippen molar-refractivity contribution >= 4 is 53.8 Å². The molecule has 1 amide bonds. The van der Waals surface area contributed by atoms with E-state index in [2.05, 4.69) is 15.3 Å². The standard InChI is InChI=1S/C19H15N3O3S3/c1-28(24,25)13-8-6-12(7-9-13)10-17(23)22-19-21-15(11-26-19)18-20-14-4-2-3-5-16(14)27-18/h2-9,11H,10H2,1H3,(H,21,22,23). The van der Waals surface area contributed by atoms with Gasteiger partial charge in [0.05, 0.1) is 21.5 Å². The summed E-state index contributed by atoms with van der Waals surface area (Å²) < 4.78 is 24.1. The topological polar surface area (TPSA) is 89.0 Å². The fourth-order valence-electron chi connectivity index (χ4n) is 2.61. The first-order chi connectivity index (χ1) is 13.4. The number of carbonyl (C=O) groups excluding carboxylic acids is 1. The average molecular weight is 430 g/mol. The molecule has 0 saturated heterocycles. The molecule has 4 rings (SSSR count). The van der Waals surface area contributed by atoms with Crippen molar-refractivity contribution < 1.29 is 13.2 Å². The lowest BCUT2D eigenvalue weighted by Crippen LogP contribution is -2.14. The van der Waals surface area contributed by atoms with Crippen LogP contribution in [0.1, 0.15) is 5.56 Å². The molecule has 0 fully saturated rings. The van der Waals surface area contributed by atoms with Gasteiger partial charge in [-0.1, -0.05) is 24.3 Å². The molecule has 0 radical (unpaired) electrons. The summed E-state index contributed by atoms with van der Waals surface area (Å²) in [5.74, 6) is -0.211. The molecule has 0 unspecified atom stereocenters. The Bertz CT molecular complexity index is 1230. The number of benzene rings is 2. The smallest absolute Gasteiger partial charge is 0.230 e. The average Bonchev–Trinajstić information content (AvgIpc) is 3.27. The molecule has 0 saturated carbocycles. The second-order valence-electron chi connectivity index (χ2n) is 6.17. The summed E-state index contributed by atoms with van der Waals surface area (Å²) in [6, 6.07) is 14.2. The van der Waals surface area contributed by atoms with Crippen LogP contribution in [0, 0.1) is 0 Å². The zero-order valence-corrected chi connectivity index (χ0v) is 17.2. The maximum absolute atomic E-state index is 12.3. The SMILES string of the molecule is CS(=O)(=O)c1ccc(CC(=O)Nc2nc(-c3nc4ccccc4s3)cs2)cc1. The van der Waals surface area contributed by atoms with E-state index in [1.54, 1.807) is 23.5 Å². The number of fused-ring (bicyclic) bond motifs is 1. The number of hydrogen-bond acceptors (Lipinski definition) is 7. The van der Waals surface area contributed by atoms with Gasteiger partial charge in [0.15, 0.2) is 15.0 Å². The lowest BCUT2D eigenvalue weighted by molar-refractivity contribution is -0.115. The summed E-state index contributed by atoms with van der Waals surface area (Å²) in [5.41, 5.74) is 2.39. The third-order valence-electron chi connectivity index (χ3n) is 3.98. The summed E-state index contributed by atoms with van der Waals surface area (Å²) in [4.78, 5) is 21.5. The predicted octanol–water partition coefficient (Wildman–Crippen LogP) is 4.00. The fraction of sp³-hybridized carbons (Fsp3) is 0.105. The molecule has 2 aromatic heterocycles. The monoisotopic (exact) mass is 429 g/mol. The van der Waals surface area contributed by atoms with Gasteiger partial charge in [0.1, 0.15) is 10.7 Å². The van der Waals surface area contributed by atoms with Gasteiger partial charge in [0.2, 0.25) is 5.91 Å². The molecule has 0 atom stereocenters. The third kappa shape index (κ3) is 4.11. The van der Waals surface area contributed by atoms with Crippen LogP contribution in [0.3, 0.4) is 0 Å². The number of sulfone groups is 1. The van der Waals surface area contributed by atoms with Gasteiger partial charge >= 0.3 is 0 Å². The summed E-state index contributed by atoms with van der Waals surface area (Å²) >= 11 is 2.90. The van der Waals surface area contributed by atoms with E-state index in [1.165, 1.54) is 23.5 Å². The van der Waals surface area contributed by atoms with Crippen molar-refractivity contribution in [3.05, 3.63) is 59.5 Å². The van der Waals surface area contributed by atoms with Crippen molar-refractivity contribution in [3.8, 4) is 10.7 Å². The molecular weight excluding hydrogens is 414 g/mol. The Morgan fingerprint density at radius 3 is 2.54 bits per heavy atom. The molecule has 142 valence electrons. The Kier molecular flexibility index (Phi) is 4.96. The molecule has 2 heterocycles. The van der Waals surface area contributed by atoms with Gasteiger partial charge in [-0.2, -0.15) is 0 Å². The zero-order chi connectivity index (χ0) is 19.7. The first-order valence-corrected chi connectivity index (χ1v) is 11.9.